The topological polar surface area (TPSA) is 192 Å². The summed E-state index contributed by atoms with van der Waals surface area (Å²) < 4.78 is 65.4. The number of carbonyl (C=O) groups is 5. The monoisotopic (exact) mass is 1060 g/mol. The fourth-order valence-electron chi connectivity index (χ4n) is 9.34. The minimum atomic E-state index is -2.84. The van der Waals surface area contributed by atoms with Gasteiger partial charge in [-0.2, -0.15) is 11.8 Å². The van der Waals surface area contributed by atoms with Crippen LogP contribution in [-0.2, 0) is 50.0 Å². The molecule has 5 N–H and O–H groups in total. The smallest absolute Gasteiger partial charge is 0.315 e. The van der Waals surface area contributed by atoms with E-state index in [1.54, 1.807) is 18.9 Å². The van der Waals surface area contributed by atoms with Crippen LogP contribution in [0.5, 0.6) is 5.75 Å². The number of carbonyl (C=O) groups excluding carboxylic acids is 5. The van der Waals surface area contributed by atoms with Gasteiger partial charge in [0.1, 0.15) is 41.3 Å². The Morgan fingerprint density at radius 3 is 2.09 bits per heavy atom. The largest absolute Gasteiger partial charge is 0.497 e. The molecule has 3 aliphatic heterocycles. The Hall–Kier alpha value is -5.86. The number of ether oxygens (including phenoxy) is 4. The summed E-state index contributed by atoms with van der Waals surface area (Å²) in [6, 6.07) is 28.7. The molecule has 7 atom stereocenters. The van der Waals surface area contributed by atoms with Crippen LogP contribution >= 0.6 is 11.8 Å². The zero-order valence-corrected chi connectivity index (χ0v) is 44.9. The maximum atomic E-state index is 16.6. The highest BCUT2D eigenvalue weighted by Gasteiger charge is 2.54. The molecule has 7 rings (SSSR count). The van der Waals surface area contributed by atoms with Crippen molar-refractivity contribution in [2.75, 3.05) is 33.1 Å². The number of methoxy groups -OCH3 is 1. The van der Waals surface area contributed by atoms with Crippen molar-refractivity contribution in [1.29, 1.82) is 0 Å². The van der Waals surface area contributed by atoms with Crippen LogP contribution in [0.1, 0.15) is 93.2 Å². The Morgan fingerprint density at radius 1 is 0.797 bits per heavy atom. The van der Waals surface area contributed by atoms with Crippen molar-refractivity contribution in [2.45, 2.75) is 131 Å². The molecule has 74 heavy (non-hydrogen) atoms. The predicted octanol–water partition coefficient (Wildman–Crippen LogP) is 7.71. The molecule has 0 bridgehead atoms. The average molecular weight is 1060 g/mol. The second-order valence-electron chi connectivity index (χ2n) is 20.4. The number of halogens is 2. The highest BCUT2D eigenvalue weighted by Crippen LogP contribution is 2.47. The molecular formula is C55H69F2N5O10SSi. The van der Waals surface area contributed by atoms with E-state index in [9.17, 15) is 24.0 Å². The summed E-state index contributed by atoms with van der Waals surface area (Å²) in [5.74, 6) is -2.40. The second kappa shape index (κ2) is 24.7. The first kappa shape index (κ1) is 55.9. The standard InChI is InChI=1S/C55H69F2N5O10SSi/c1-54(2,3)74(6,7)72-52-50(39-28-34(40(56)29-41(39)57)30-59-47(65)31-60-46(64)21-15-14-20-44-49-42(33-73-44)61-53(67)62-49)70-43(51(52)71-48(66)27-26-45(63)58-4)32-69-55(35-16-10-8-11-17-35,36-18-12-9-13-19-36)37-22-24-38(68-5)25-23-37/h8-13,16-19,22-25,28-29,42-44,49-52H,14-15,20-21,26-27,30-33H2,1-7H3,(H,58,63)(H,59,65)(H,60,64)(H2,61,62,67)/t42-,43+,44-,49-,50-,51-,52?/m0/s1. The van der Waals surface area contributed by atoms with Gasteiger partial charge in [0.2, 0.25) is 17.7 Å². The van der Waals surface area contributed by atoms with Crippen LogP contribution < -0.4 is 31.3 Å². The van der Waals surface area contributed by atoms with E-state index in [0.29, 0.717) is 12.2 Å². The summed E-state index contributed by atoms with van der Waals surface area (Å²) in [4.78, 5) is 63.7. The average Bonchev–Trinajstić information content (AvgIpc) is 4.05. The van der Waals surface area contributed by atoms with Crippen molar-refractivity contribution in [3.05, 3.63) is 137 Å². The lowest BCUT2D eigenvalue weighted by molar-refractivity contribution is -0.159. The summed E-state index contributed by atoms with van der Waals surface area (Å²) >= 11 is 1.80. The number of urea groups is 1. The third-order valence-electron chi connectivity index (χ3n) is 14.4. The van der Waals surface area contributed by atoms with Crippen molar-refractivity contribution in [2.24, 2.45) is 0 Å². The summed E-state index contributed by atoms with van der Waals surface area (Å²) in [6.07, 6.45) is -2.83. The highest BCUT2D eigenvalue weighted by molar-refractivity contribution is 8.00. The van der Waals surface area contributed by atoms with Gasteiger partial charge in [-0.1, -0.05) is 100.0 Å². The van der Waals surface area contributed by atoms with Crippen LogP contribution in [0.3, 0.4) is 0 Å². The van der Waals surface area contributed by atoms with Crippen LogP contribution in [0.2, 0.25) is 18.1 Å². The van der Waals surface area contributed by atoms with Gasteiger partial charge in [-0.3, -0.25) is 19.2 Å². The molecule has 0 radical (unpaired) electrons. The fraction of sp³-hybridized carbons (Fsp3) is 0.473. The molecule has 3 heterocycles. The molecule has 0 saturated carbocycles. The molecule has 3 fully saturated rings. The number of amides is 5. The van der Waals surface area contributed by atoms with Gasteiger partial charge in [0.15, 0.2) is 14.4 Å². The van der Waals surface area contributed by atoms with Crippen molar-refractivity contribution in [1.82, 2.24) is 26.6 Å². The van der Waals surface area contributed by atoms with Gasteiger partial charge in [0, 0.05) is 54.6 Å². The lowest BCUT2D eigenvalue weighted by atomic mass is 9.80. The van der Waals surface area contributed by atoms with Crippen LogP contribution in [0.4, 0.5) is 13.6 Å². The molecule has 0 aliphatic carbocycles. The number of fused-ring (bicyclic) bond motifs is 1. The van der Waals surface area contributed by atoms with Crippen molar-refractivity contribution >= 4 is 49.8 Å². The normalized spacial score (nSPS) is 21.5. The van der Waals surface area contributed by atoms with E-state index in [2.05, 4.69) is 26.6 Å². The van der Waals surface area contributed by atoms with E-state index >= 15 is 8.78 Å². The number of rotatable bonds is 23. The molecule has 15 nitrogen and oxygen atoms in total. The first-order valence-corrected chi connectivity index (χ1v) is 29.1. The van der Waals surface area contributed by atoms with Gasteiger partial charge >= 0.3 is 12.0 Å². The highest BCUT2D eigenvalue weighted by atomic mass is 32.2. The first-order valence-electron chi connectivity index (χ1n) is 25.2. The van der Waals surface area contributed by atoms with Gasteiger partial charge < -0.3 is 50.0 Å². The van der Waals surface area contributed by atoms with Gasteiger partial charge in [-0.15, -0.1) is 0 Å². The third-order valence-corrected chi connectivity index (χ3v) is 20.4. The molecular weight excluding hydrogens is 989 g/mol. The number of nitrogens with one attached hydrogen (secondary N) is 5. The maximum Gasteiger partial charge on any atom is 0.315 e. The third kappa shape index (κ3) is 13.3. The number of hydrogen-bond acceptors (Lipinski definition) is 11. The van der Waals surface area contributed by atoms with Gasteiger partial charge in [0.25, 0.3) is 0 Å². The number of thioether (sulfide) groups is 1. The zero-order chi connectivity index (χ0) is 53.2. The van der Waals surface area contributed by atoms with E-state index in [1.807, 2.05) is 119 Å². The van der Waals surface area contributed by atoms with Crippen LogP contribution in [0.15, 0.2) is 97.1 Å². The molecule has 0 aromatic heterocycles. The minimum absolute atomic E-state index is 0.0677. The summed E-state index contributed by atoms with van der Waals surface area (Å²) in [7, 11) is 0.205. The van der Waals surface area contributed by atoms with E-state index in [1.165, 1.54) is 13.1 Å². The Morgan fingerprint density at radius 2 is 1.46 bits per heavy atom. The van der Waals surface area contributed by atoms with Crippen LogP contribution in [-0.4, -0.2) is 107 Å². The number of unbranched alkanes of at least 4 members (excludes halogenated alkanes) is 1. The summed E-state index contributed by atoms with van der Waals surface area (Å²) in [5.41, 5.74) is 0.804. The van der Waals surface area contributed by atoms with E-state index in [0.717, 1.165) is 41.4 Å². The molecule has 5 amide bonds. The molecule has 398 valence electrons. The molecule has 3 aliphatic rings. The van der Waals surface area contributed by atoms with Gasteiger partial charge in [-0.05, 0) is 65.9 Å². The number of esters is 1. The summed E-state index contributed by atoms with van der Waals surface area (Å²) in [5, 5.41) is 13.5. The molecule has 4 aromatic rings. The Labute approximate surface area is 437 Å². The molecule has 3 saturated heterocycles. The Balaban J connectivity index is 1.15. The predicted molar refractivity (Wildman–Crippen MR) is 280 cm³/mol. The van der Waals surface area contributed by atoms with E-state index in [4.69, 9.17) is 23.4 Å². The molecule has 19 heteroatoms. The van der Waals surface area contributed by atoms with E-state index in [-0.39, 0.29) is 85.3 Å². The molecule has 4 aromatic carbocycles. The maximum absolute atomic E-state index is 16.6. The van der Waals surface area contributed by atoms with Gasteiger partial charge in [-0.25, -0.2) is 13.6 Å². The minimum Gasteiger partial charge on any atom is -0.497 e. The SMILES string of the molecule is CNC(=O)CCC(=O)O[C@@H]1C(O[Si](C)(C)C(C)(C)C)[C@H](c2cc(CNC(=O)CNC(=O)CCCC[C@@H]3SC[C@@H]4NC(=O)N[C@@H]43)c(F)cc2F)O[C@@H]1COC(c1ccccc1)(c1ccccc1)c1ccc(OC)cc1. The zero-order valence-electron chi connectivity index (χ0n) is 43.1. The second-order valence-corrected chi connectivity index (χ2v) is 26.4. The molecule has 0 spiro atoms. The van der Waals surface area contributed by atoms with E-state index < -0.39 is 66.9 Å². The van der Waals surface area contributed by atoms with Crippen molar-refractivity contribution in [3.8, 4) is 5.75 Å². The van der Waals surface area contributed by atoms with Crippen LogP contribution in [0.25, 0.3) is 0 Å². The number of benzene rings is 4. The fourth-order valence-corrected chi connectivity index (χ4v) is 12.2. The Kier molecular flexibility index (Phi) is 18.6. The molecule has 1 unspecified atom stereocenters. The lowest BCUT2D eigenvalue weighted by Gasteiger charge is -2.40. The van der Waals surface area contributed by atoms with Crippen LogP contribution in [0, 0.1) is 11.6 Å². The first-order chi connectivity index (χ1) is 35.3. The Bertz CT molecular complexity index is 2550. The number of hydrogen-bond donors (Lipinski definition) is 5. The quantitative estimate of drug-likeness (QED) is 0.0161. The lowest BCUT2D eigenvalue weighted by Crippen LogP contribution is -2.50. The van der Waals surface area contributed by atoms with Gasteiger partial charge in [0.05, 0.1) is 38.8 Å². The van der Waals surface area contributed by atoms with Crippen molar-refractivity contribution in [3.63, 3.8) is 0 Å². The van der Waals surface area contributed by atoms with Crippen molar-refractivity contribution < 1.29 is 56.1 Å². The summed E-state index contributed by atoms with van der Waals surface area (Å²) in [6.45, 7) is 9.12.